The van der Waals surface area contributed by atoms with Gasteiger partial charge in [-0.3, -0.25) is 4.68 Å². The summed E-state index contributed by atoms with van der Waals surface area (Å²) in [5.74, 6) is 2.23. The highest BCUT2D eigenvalue weighted by Crippen LogP contribution is 2.30. The summed E-state index contributed by atoms with van der Waals surface area (Å²) in [7, 11) is 3.28. The molecule has 7 nitrogen and oxygen atoms in total. The van der Waals surface area contributed by atoms with Crippen LogP contribution in [0.5, 0.6) is 11.5 Å². The lowest BCUT2D eigenvalue weighted by atomic mass is 10.2. The van der Waals surface area contributed by atoms with Gasteiger partial charge in [-0.05, 0) is 39.3 Å². The molecule has 0 radical (unpaired) electrons. The average Bonchev–Trinajstić information content (AvgIpc) is 2.99. The van der Waals surface area contributed by atoms with E-state index < -0.39 is 0 Å². The zero-order valence-electron chi connectivity index (χ0n) is 17.0. The van der Waals surface area contributed by atoms with Gasteiger partial charge in [0.15, 0.2) is 17.5 Å². The SMILES string of the molecule is CCNC(=NCc1cccc(OC)c1OC)NCCCn1nc(C)cc1C. The van der Waals surface area contributed by atoms with Gasteiger partial charge in [-0.1, -0.05) is 12.1 Å². The van der Waals surface area contributed by atoms with E-state index in [1.165, 1.54) is 5.69 Å². The van der Waals surface area contributed by atoms with E-state index in [1.54, 1.807) is 14.2 Å². The zero-order valence-corrected chi connectivity index (χ0v) is 17.0. The molecule has 0 aliphatic rings. The third-order valence-corrected chi connectivity index (χ3v) is 4.18. The summed E-state index contributed by atoms with van der Waals surface area (Å²) < 4.78 is 12.9. The van der Waals surface area contributed by atoms with Crippen molar-refractivity contribution in [1.29, 1.82) is 0 Å². The first-order valence-electron chi connectivity index (χ1n) is 9.32. The van der Waals surface area contributed by atoms with Gasteiger partial charge in [0.2, 0.25) is 0 Å². The lowest BCUT2D eigenvalue weighted by Gasteiger charge is -2.14. The molecule has 0 aliphatic heterocycles. The number of nitrogens with zero attached hydrogens (tertiary/aromatic N) is 3. The molecular formula is C20H31N5O2. The van der Waals surface area contributed by atoms with Gasteiger partial charge in [-0.25, -0.2) is 4.99 Å². The molecule has 0 atom stereocenters. The fourth-order valence-electron chi connectivity index (χ4n) is 2.92. The maximum atomic E-state index is 5.48. The largest absolute Gasteiger partial charge is 0.493 e. The fourth-order valence-corrected chi connectivity index (χ4v) is 2.92. The Morgan fingerprint density at radius 3 is 2.63 bits per heavy atom. The summed E-state index contributed by atoms with van der Waals surface area (Å²) in [5, 5.41) is 11.1. The van der Waals surface area contributed by atoms with E-state index in [0.29, 0.717) is 12.3 Å². The highest BCUT2D eigenvalue weighted by molar-refractivity contribution is 5.79. The van der Waals surface area contributed by atoms with Crippen LogP contribution in [0.4, 0.5) is 0 Å². The van der Waals surface area contributed by atoms with Gasteiger partial charge >= 0.3 is 0 Å². The van der Waals surface area contributed by atoms with Gasteiger partial charge in [-0.15, -0.1) is 0 Å². The molecule has 2 aromatic rings. The van der Waals surface area contributed by atoms with Gasteiger partial charge in [0.05, 0.1) is 26.5 Å². The van der Waals surface area contributed by atoms with Gasteiger partial charge in [0.1, 0.15) is 0 Å². The third kappa shape index (κ3) is 5.91. The molecule has 0 bridgehead atoms. The standard InChI is InChI=1S/C20H31N5O2/c1-6-21-20(22-11-8-12-25-16(3)13-15(2)24-25)23-14-17-9-7-10-18(26-4)19(17)27-5/h7,9-10,13H,6,8,11-12,14H2,1-5H3,(H2,21,22,23). The van der Waals surface area contributed by atoms with Crippen LogP contribution < -0.4 is 20.1 Å². The fraction of sp³-hybridized carbons (Fsp3) is 0.500. The Labute approximate surface area is 161 Å². The van der Waals surface area contributed by atoms with Crippen LogP contribution in [0.1, 0.15) is 30.3 Å². The Hall–Kier alpha value is -2.70. The number of benzene rings is 1. The van der Waals surface area contributed by atoms with Crippen LogP contribution in [-0.4, -0.2) is 43.0 Å². The van der Waals surface area contributed by atoms with Crippen LogP contribution in [0, 0.1) is 13.8 Å². The molecule has 0 saturated heterocycles. The summed E-state index contributed by atoms with van der Waals surface area (Å²) in [6, 6.07) is 7.92. The number of guanidine groups is 1. The Morgan fingerprint density at radius 1 is 1.19 bits per heavy atom. The number of nitrogens with one attached hydrogen (secondary N) is 2. The number of aliphatic imine (C=N–C) groups is 1. The Morgan fingerprint density at radius 2 is 2.00 bits per heavy atom. The summed E-state index contributed by atoms with van der Waals surface area (Å²) in [4.78, 5) is 4.67. The molecule has 0 amide bonds. The number of ether oxygens (including phenoxy) is 2. The number of aryl methyl sites for hydroxylation is 3. The molecular weight excluding hydrogens is 342 g/mol. The lowest BCUT2D eigenvalue weighted by Crippen LogP contribution is -2.38. The maximum absolute atomic E-state index is 5.48. The van der Waals surface area contributed by atoms with E-state index in [2.05, 4.69) is 40.6 Å². The number of aromatic nitrogens is 2. The normalized spacial score (nSPS) is 11.4. The van der Waals surface area contributed by atoms with Crippen LogP contribution in [0.3, 0.4) is 0 Å². The van der Waals surface area contributed by atoms with Gasteiger partial charge in [-0.2, -0.15) is 5.10 Å². The molecule has 2 N–H and O–H groups in total. The van der Waals surface area contributed by atoms with Crippen molar-refractivity contribution in [2.24, 2.45) is 4.99 Å². The smallest absolute Gasteiger partial charge is 0.191 e. The first-order chi connectivity index (χ1) is 13.1. The third-order valence-electron chi connectivity index (χ3n) is 4.18. The number of rotatable bonds is 9. The second-order valence-corrected chi connectivity index (χ2v) is 6.28. The minimum Gasteiger partial charge on any atom is -0.493 e. The molecule has 2 rings (SSSR count). The zero-order chi connectivity index (χ0) is 19.6. The molecule has 0 aliphatic carbocycles. The average molecular weight is 374 g/mol. The number of para-hydroxylation sites is 1. The Balaban J connectivity index is 1.93. The van der Waals surface area contributed by atoms with Crippen molar-refractivity contribution in [2.75, 3.05) is 27.3 Å². The van der Waals surface area contributed by atoms with Crippen molar-refractivity contribution in [3.63, 3.8) is 0 Å². The monoisotopic (exact) mass is 373 g/mol. The van der Waals surface area contributed by atoms with E-state index in [1.807, 2.05) is 29.8 Å². The topological polar surface area (TPSA) is 72.7 Å². The van der Waals surface area contributed by atoms with Crippen molar-refractivity contribution in [1.82, 2.24) is 20.4 Å². The van der Waals surface area contributed by atoms with E-state index in [0.717, 1.165) is 49.0 Å². The highest BCUT2D eigenvalue weighted by Gasteiger charge is 2.09. The van der Waals surface area contributed by atoms with E-state index in [9.17, 15) is 0 Å². The molecule has 0 saturated carbocycles. The van der Waals surface area contributed by atoms with Gasteiger partial charge in [0, 0.05) is 30.9 Å². The quantitative estimate of drug-likeness (QED) is 0.402. The maximum Gasteiger partial charge on any atom is 0.191 e. The van der Waals surface area contributed by atoms with Crippen molar-refractivity contribution in [3.8, 4) is 11.5 Å². The van der Waals surface area contributed by atoms with Crippen molar-refractivity contribution >= 4 is 5.96 Å². The predicted molar refractivity (Wildman–Crippen MR) is 109 cm³/mol. The highest BCUT2D eigenvalue weighted by atomic mass is 16.5. The van der Waals surface area contributed by atoms with Crippen LogP contribution >= 0.6 is 0 Å². The Kier molecular flexibility index (Phi) is 7.98. The number of methoxy groups -OCH3 is 2. The second kappa shape index (κ2) is 10.4. The van der Waals surface area contributed by atoms with E-state index >= 15 is 0 Å². The Bertz CT molecular complexity index is 755. The van der Waals surface area contributed by atoms with Gasteiger partial charge < -0.3 is 20.1 Å². The first kappa shape index (κ1) is 20.6. The summed E-state index contributed by atoms with van der Waals surface area (Å²) >= 11 is 0. The minimum atomic E-state index is 0.507. The molecule has 148 valence electrons. The van der Waals surface area contributed by atoms with E-state index in [-0.39, 0.29) is 0 Å². The lowest BCUT2D eigenvalue weighted by molar-refractivity contribution is 0.352. The molecule has 1 heterocycles. The van der Waals surface area contributed by atoms with E-state index in [4.69, 9.17) is 9.47 Å². The number of hydrogen-bond donors (Lipinski definition) is 2. The molecule has 0 spiro atoms. The van der Waals surface area contributed by atoms with Crippen molar-refractivity contribution < 1.29 is 9.47 Å². The molecule has 7 heteroatoms. The second-order valence-electron chi connectivity index (χ2n) is 6.28. The van der Waals surface area contributed by atoms with Crippen LogP contribution in [0.2, 0.25) is 0 Å². The number of hydrogen-bond acceptors (Lipinski definition) is 4. The summed E-state index contributed by atoms with van der Waals surface area (Å²) in [5.41, 5.74) is 3.23. The molecule has 1 aromatic heterocycles. The molecule has 1 aromatic carbocycles. The minimum absolute atomic E-state index is 0.507. The van der Waals surface area contributed by atoms with Crippen LogP contribution in [0.25, 0.3) is 0 Å². The molecule has 0 fully saturated rings. The van der Waals surface area contributed by atoms with Crippen molar-refractivity contribution in [3.05, 3.63) is 41.2 Å². The summed E-state index contributed by atoms with van der Waals surface area (Å²) in [6.45, 7) is 9.17. The predicted octanol–water partition coefficient (Wildman–Crippen LogP) is 2.66. The summed E-state index contributed by atoms with van der Waals surface area (Å²) in [6.07, 6.45) is 0.967. The first-order valence-corrected chi connectivity index (χ1v) is 9.32. The van der Waals surface area contributed by atoms with Crippen molar-refractivity contribution in [2.45, 2.75) is 40.3 Å². The van der Waals surface area contributed by atoms with Crippen LogP contribution in [0.15, 0.2) is 29.3 Å². The molecule has 27 heavy (non-hydrogen) atoms. The van der Waals surface area contributed by atoms with Crippen LogP contribution in [-0.2, 0) is 13.1 Å². The molecule has 0 unspecified atom stereocenters. The van der Waals surface area contributed by atoms with Gasteiger partial charge in [0.25, 0.3) is 0 Å².